The summed E-state index contributed by atoms with van der Waals surface area (Å²) in [6, 6.07) is 8.49. The van der Waals surface area contributed by atoms with Crippen molar-refractivity contribution in [3.05, 3.63) is 48.8 Å². The Morgan fingerprint density at radius 1 is 1.29 bits per heavy atom. The van der Waals surface area contributed by atoms with Gasteiger partial charge in [0.2, 0.25) is 0 Å². The van der Waals surface area contributed by atoms with Crippen molar-refractivity contribution in [2.75, 3.05) is 6.54 Å². The first-order chi connectivity index (χ1) is 10.3. The van der Waals surface area contributed by atoms with E-state index in [9.17, 15) is 0 Å². The number of nitrogens with zero attached hydrogens (tertiary/aromatic N) is 4. The Labute approximate surface area is 124 Å². The highest BCUT2D eigenvalue weighted by atomic mass is 15.1. The monoisotopic (exact) mass is 283 g/mol. The Hall–Kier alpha value is -2.14. The van der Waals surface area contributed by atoms with E-state index in [-0.39, 0.29) is 6.04 Å². The third-order valence-corrected chi connectivity index (χ3v) is 3.81. The molecule has 2 aromatic heterocycles. The first-order valence-electron chi connectivity index (χ1n) is 7.36. The summed E-state index contributed by atoms with van der Waals surface area (Å²) >= 11 is 0. The molecule has 1 atom stereocenters. The van der Waals surface area contributed by atoms with E-state index in [0.29, 0.717) is 0 Å². The number of aromatic nitrogens is 4. The Balaban J connectivity index is 1.59. The van der Waals surface area contributed by atoms with Gasteiger partial charge in [-0.1, -0.05) is 12.1 Å². The number of imidazole rings is 2. The summed E-state index contributed by atoms with van der Waals surface area (Å²) in [7, 11) is 2.08. The number of benzene rings is 1. The number of aryl methyl sites for hydroxylation is 2. The molecule has 0 aliphatic rings. The molecule has 0 aliphatic carbocycles. The second-order valence-corrected chi connectivity index (χ2v) is 5.35. The molecule has 0 bridgehead atoms. The highest BCUT2D eigenvalue weighted by Crippen LogP contribution is 2.18. The number of para-hydroxylation sites is 2. The molecule has 0 amide bonds. The highest BCUT2D eigenvalue weighted by molar-refractivity contribution is 5.75. The zero-order valence-electron chi connectivity index (χ0n) is 12.5. The minimum Gasteiger partial charge on any atom is -0.337 e. The van der Waals surface area contributed by atoms with Crippen LogP contribution in [-0.2, 0) is 13.6 Å². The molecule has 5 nitrogen and oxygen atoms in total. The summed E-state index contributed by atoms with van der Waals surface area (Å²) in [6.07, 6.45) is 6.74. The smallest absolute Gasteiger partial charge is 0.126 e. The molecule has 0 spiro atoms. The van der Waals surface area contributed by atoms with Crippen molar-refractivity contribution in [2.45, 2.75) is 25.9 Å². The molecule has 21 heavy (non-hydrogen) atoms. The lowest BCUT2D eigenvalue weighted by molar-refractivity contribution is 0.502. The molecule has 3 aromatic rings. The van der Waals surface area contributed by atoms with Crippen LogP contribution >= 0.6 is 0 Å². The Kier molecular flexibility index (Phi) is 4.01. The maximum Gasteiger partial charge on any atom is 0.126 e. The van der Waals surface area contributed by atoms with Crippen LogP contribution in [0.5, 0.6) is 0 Å². The fourth-order valence-corrected chi connectivity index (χ4v) is 2.64. The van der Waals surface area contributed by atoms with E-state index in [1.807, 2.05) is 24.8 Å². The van der Waals surface area contributed by atoms with Crippen LogP contribution in [0.1, 0.15) is 25.2 Å². The summed E-state index contributed by atoms with van der Waals surface area (Å²) in [5, 5.41) is 3.55. The van der Waals surface area contributed by atoms with Crippen LogP contribution in [-0.4, -0.2) is 25.6 Å². The van der Waals surface area contributed by atoms with E-state index in [2.05, 4.69) is 51.6 Å². The summed E-state index contributed by atoms with van der Waals surface area (Å²) in [4.78, 5) is 8.77. The van der Waals surface area contributed by atoms with Crippen LogP contribution in [0.4, 0.5) is 0 Å². The Morgan fingerprint density at radius 2 is 2.14 bits per heavy atom. The number of rotatable bonds is 6. The maximum absolute atomic E-state index is 4.73. The predicted molar refractivity (Wildman–Crippen MR) is 84.0 cm³/mol. The molecular formula is C16H21N5. The lowest BCUT2D eigenvalue weighted by Crippen LogP contribution is -2.23. The number of nitrogens with one attached hydrogen (secondary N) is 1. The van der Waals surface area contributed by atoms with Crippen molar-refractivity contribution in [3.63, 3.8) is 0 Å². The van der Waals surface area contributed by atoms with Crippen molar-refractivity contribution in [3.8, 4) is 0 Å². The zero-order chi connectivity index (χ0) is 14.7. The van der Waals surface area contributed by atoms with Gasteiger partial charge in [-0.25, -0.2) is 9.97 Å². The van der Waals surface area contributed by atoms with Crippen LogP contribution in [0.3, 0.4) is 0 Å². The van der Waals surface area contributed by atoms with Gasteiger partial charge in [-0.3, -0.25) is 0 Å². The summed E-state index contributed by atoms with van der Waals surface area (Å²) in [5.74, 6) is 1.08. The molecule has 0 radical (unpaired) electrons. The van der Waals surface area contributed by atoms with Gasteiger partial charge in [0.05, 0.1) is 23.4 Å². The van der Waals surface area contributed by atoms with Crippen molar-refractivity contribution in [1.29, 1.82) is 0 Å². The molecule has 0 fully saturated rings. The van der Waals surface area contributed by atoms with Gasteiger partial charge in [-0.05, 0) is 32.0 Å². The quantitative estimate of drug-likeness (QED) is 0.707. The first-order valence-corrected chi connectivity index (χ1v) is 7.36. The average molecular weight is 283 g/mol. The first kappa shape index (κ1) is 13.8. The van der Waals surface area contributed by atoms with Gasteiger partial charge in [-0.15, -0.1) is 0 Å². The van der Waals surface area contributed by atoms with Gasteiger partial charge < -0.3 is 14.5 Å². The molecule has 0 aliphatic heterocycles. The second-order valence-electron chi connectivity index (χ2n) is 5.35. The third-order valence-electron chi connectivity index (χ3n) is 3.81. The zero-order valence-corrected chi connectivity index (χ0v) is 12.5. The molecule has 1 unspecified atom stereocenters. The predicted octanol–water partition coefficient (Wildman–Crippen LogP) is 2.51. The van der Waals surface area contributed by atoms with Crippen LogP contribution in [0.2, 0.25) is 0 Å². The Bertz CT molecular complexity index is 699. The third kappa shape index (κ3) is 2.97. The van der Waals surface area contributed by atoms with Gasteiger partial charge in [0.1, 0.15) is 5.82 Å². The lowest BCUT2D eigenvalue weighted by atomic mass is 10.3. The molecule has 1 N–H and O–H groups in total. The van der Waals surface area contributed by atoms with Crippen molar-refractivity contribution < 1.29 is 0 Å². The van der Waals surface area contributed by atoms with Crippen LogP contribution in [0.25, 0.3) is 11.0 Å². The normalized spacial score (nSPS) is 12.9. The highest BCUT2D eigenvalue weighted by Gasteiger charge is 2.13. The van der Waals surface area contributed by atoms with E-state index in [1.54, 1.807) is 0 Å². The number of fused-ring (bicyclic) bond motifs is 1. The number of hydrogen-bond acceptors (Lipinski definition) is 3. The molecule has 1 aromatic carbocycles. The van der Waals surface area contributed by atoms with E-state index in [4.69, 9.17) is 4.98 Å². The Morgan fingerprint density at radius 3 is 2.90 bits per heavy atom. The molecule has 5 heteroatoms. The van der Waals surface area contributed by atoms with Crippen LogP contribution in [0.15, 0.2) is 43.0 Å². The van der Waals surface area contributed by atoms with Crippen molar-refractivity contribution in [1.82, 2.24) is 24.4 Å². The summed E-state index contributed by atoms with van der Waals surface area (Å²) in [6.45, 7) is 4.11. The number of hydrogen-bond donors (Lipinski definition) is 1. The molecule has 3 rings (SSSR count). The fraction of sp³-hybridized carbons (Fsp3) is 0.375. The fourth-order valence-electron chi connectivity index (χ4n) is 2.64. The summed E-state index contributed by atoms with van der Waals surface area (Å²) in [5.41, 5.74) is 2.24. The van der Waals surface area contributed by atoms with Crippen molar-refractivity contribution >= 4 is 11.0 Å². The maximum atomic E-state index is 4.73. The minimum atomic E-state index is 0.241. The standard InChI is InChI=1S/C16H21N5/c1-13(18-8-5-10-21-11-9-17-12-21)16-19-14-6-3-4-7-15(14)20(16)2/h3-4,6-7,9,11-13,18H,5,8,10H2,1-2H3. The van der Waals surface area contributed by atoms with E-state index in [0.717, 1.165) is 30.9 Å². The molecule has 110 valence electrons. The van der Waals surface area contributed by atoms with Crippen molar-refractivity contribution in [2.24, 2.45) is 7.05 Å². The second kappa shape index (κ2) is 6.10. The molecule has 0 saturated carbocycles. The van der Waals surface area contributed by atoms with E-state index in [1.165, 1.54) is 5.52 Å². The van der Waals surface area contributed by atoms with Crippen LogP contribution in [0, 0.1) is 0 Å². The summed E-state index contributed by atoms with van der Waals surface area (Å²) < 4.78 is 4.27. The average Bonchev–Trinajstić information content (AvgIpc) is 3.12. The van der Waals surface area contributed by atoms with Gasteiger partial charge in [-0.2, -0.15) is 0 Å². The van der Waals surface area contributed by atoms with E-state index >= 15 is 0 Å². The molecule has 0 saturated heterocycles. The molecular weight excluding hydrogens is 262 g/mol. The lowest BCUT2D eigenvalue weighted by Gasteiger charge is -2.14. The minimum absolute atomic E-state index is 0.241. The van der Waals surface area contributed by atoms with Gasteiger partial charge in [0.25, 0.3) is 0 Å². The largest absolute Gasteiger partial charge is 0.337 e. The van der Waals surface area contributed by atoms with Gasteiger partial charge >= 0.3 is 0 Å². The topological polar surface area (TPSA) is 47.7 Å². The van der Waals surface area contributed by atoms with E-state index < -0.39 is 0 Å². The van der Waals surface area contributed by atoms with Gasteiger partial charge in [0.15, 0.2) is 0 Å². The molecule has 2 heterocycles. The SMILES string of the molecule is CC(NCCCn1ccnc1)c1nc2ccccc2n1C. The van der Waals surface area contributed by atoms with Crippen LogP contribution < -0.4 is 5.32 Å². The van der Waals surface area contributed by atoms with Gasteiger partial charge in [0, 0.05) is 26.0 Å².